The number of esters is 1. The minimum Gasteiger partial charge on any atom is -0.462 e. The number of aryl methyl sites for hydroxylation is 1. The van der Waals surface area contributed by atoms with E-state index in [0.717, 1.165) is 0 Å². The maximum absolute atomic E-state index is 12.6. The first-order valence-electron chi connectivity index (χ1n) is 9.47. The molecule has 0 radical (unpaired) electrons. The number of pyridine rings is 1. The molecule has 9 heteroatoms. The molecule has 1 aromatic heterocycles. The van der Waals surface area contributed by atoms with E-state index in [1.807, 2.05) is 0 Å². The number of nitrogens with one attached hydrogen (secondary N) is 1. The SMILES string of the molecule is CCOC(=O)c1cnc2ccc(N=CC=CN)cc2c1Nc1ccc(C)c([N+](=O)[O-])c1. The molecule has 2 aromatic carbocycles. The van der Waals surface area contributed by atoms with Crippen LogP contribution in [0, 0.1) is 17.0 Å². The van der Waals surface area contributed by atoms with Gasteiger partial charge < -0.3 is 15.8 Å². The van der Waals surface area contributed by atoms with Crippen LogP contribution in [0.15, 0.2) is 59.9 Å². The number of nitrogens with zero attached hydrogens (tertiary/aromatic N) is 3. The summed E-state index contributed by atoms with van der Waals surface area (Å²) in [5.74, 6) is -0.555. The number of nitro groups is 1. The average Bonchev–Trinajstić information content (AvgIpc) is 2.75. The molecular weight excluding hydrogens is 398 g/mol. The Morgan fingerprint density at radius 1 is 1.32 bits per heavy atom. The van der Waals surface area contributed by atoms with E-state index in [0.29, 0.717) is 33.5 Å². The fourth-order valence-corrected chi connectivity index (χ4v) is 2.97. The third kappa shape index (κ3) is 4.84. The van der Waals surface area contributed by atoms with Gasteiger partial charge in [-0.1, -0.05) is 6.07 Å². The summed E-state index contributed by atoms with van der Waals surface area (Å²) in [7, 11) is 0. The highest BCUT2D eigenvalue weighted by Gasteiger charge is 2.19. The summed E-state index contributed by atoms with van der Waals surface area (Å²) in [6, 6.07) is 10.1. The van der Waals surface area contributed by atoms with Gasteiger partial charge in [0.25, 0.3) is 5.69 Å². The van der Waals surface area contributed by atoms with Crippen molar-refractivity contribution in [3.8, 4) is 0 Å². The second-order valence-corrected chi connectivity index (χ2v) is 6.52. The van der Waals surface area contributed by atoms with Crippen molar-refractivity contribution in [2.75, 3.05) is 11.9 Å². The van der Waals surface area contributed by atoms with Gasteiger partial charge in [0.1, 0.15) is 5.56 Å². The van der Waals surface area contributed by atoms with E-state index in [-0.39, 0.29) is 17.9 Å². The highest BCUT2D eigenvalue weighted by Crippen LogP contribution is 2.33. The molecule has 31 heavy (non-hydrogen) atoms. The van der Waals surface area contributed by atoms with Gasteiger partial charge in [0.05, 0.1) is 28.4 Å². The van der Waals surface area contributed by atoms with Crippen LogP contribution < -0.4 is 11.1 Å². The first kappa shape index (κ1) is 21.4. The third-order valence-corrected chi connectivity index (χ3v) is 4.44. The maximum Gasteiger partial charge on any atom is 0.341 e. The molecule has 0 amide bonds. The number of fused-ring (bicyclic) bond motifs is 1. The molecule has 1 heterocycles. The summed E-state index contributed by atoms with van der Waals surface area (Å²) in [6.07, 6.45) is 5.91. The average molecular weight is 419 g/mol. The summed E-state index contributed by atoms with van der Waals surface area (Å²) in [5, 5.41) is 15.1. The van der Waals surface area contributed by atoms with Crippen LogP contribution in [0.4, 0.5) is 22.7 Å². The van der Waals surface area contributed by atoms with Crippen LogP contribution >= 0.6 is 0 Å². The molecule has 3 aromatic rings. The lowest BCUT2D eigenvalue weighted by Gasteiger charge is -2.15. The van der Waals surface area contributed by atoms with E-state index in [4.69, 9.17) is 10.5 Å². The molecule has 9 nitrogen and oxygen atoms in total. The van der Waals surface area contributed by atoms with Crippen LogP contribution in [0.2, 0.25) is 0 Å². The normalized spacial score (nSPS) is 11.3. The lowest BCUT2D eigenvalue weighted by molar-refractivity contribution is -0.385. The number of aliphatic imine (C=N–C) groups is 1. The Labute approximate surface area is 178 Å². The van der Waals surface area contributed by atoms with E-state index < -0.39 is 10.9 Å². The smallest absolute Gasteiger partial charge is 0.341 e. The molecule has 158 valence electrons. The van der Waals surface area contributed by atoms with Gasteiger partial charge in [-0.15, -0.1) is 0 Å². The van der Waals surface area contributed by atoms with Crippen LogP contribution in [0.5, 0.6) is 0 Å². The molecule has 0 spiro atoms. The van der Waals surface area contributed by atoms with Crippen LogP contribution in [0.3, 0.4) is 0 Å². The number of rotatable bonds is 7. The maximum atomic E-state index is 12.6. The van der Waals surface area contributed by atoms with E-state index >= 15 is 0 Å². The molecule has 0 fully saturated rings. The van der Waals surface area contributed by atoms with Gasteiger partial charge in [0.2, 0.25) is 0 Å². The van der Waals surface area contributed by atoms with Crippen LogP contribution in [0.1, 0.15) is 22.8 Å². The van der Waals surface area contributed by atoms with Gasteiger partial charge >= 0.3 is 5.97 Å². The number of nitro benzene ring substituents is 1. The van der Waals surface area contributed by atoms with Crippen molar-refractivity contribution in [1.82, 2.24) is 4.98 Å². The zero-order valence-corrected chi connectivity index (χ0v) is 17.0. The number of hydrogen-bond acceptors (Lipinski definition) is 8. The zero-order chi connectivity index (χ0) is 22.4. The molecule has 0 saturated heterocycles. The minimum atomic E-state index is -0.555. The number of allylic oxidation sites excluding steroid dienone is 1. The predicted molar refractivity (Wildman–Crippen MR) is 120 cm³/mol. The van der Waals surface area contributed by atoms with Crippen LogP contribution in [-0.2, 0) is 4.74 Å². The summed E-state index contributed by atoms with van der Waals surface area (Å²) < 4.78 is 5.17. The van der Waals surface area contributed by atoms with Gasteiger partial charge in [-0.05, 0) is 50.4 Å². The van der Waals surface area contributed by atoms with Crippen molar-refractivity contribution in [2.24, 2.45) is 10.7 Å². The Kier molecular flexibility index (Phi) is 6.56. The van der Waals surface area contributed by atoms with Crippen LogP contribution in [-0.4, -0.2) is 28.7 Å². The van der Waals surface area contributed by atoms with Crippen molar-refractivity contribution in [2.45, 2.75) is 13.8 Å². The first-order chi connectivity index (χ1) is 14.9. The number of carbonyl (C=O) groups is 1. The molecule has 0 aliphatic heterocycles. The van der Waals surface area contributed by atoms with Gasteiger partial charge in [0.15, 0.2) is 0 Å². The largest absolute Gasteiger partial charge is 0.462 e. The molecule has 0 aliphatic rings. The first-order valence-corrected chi connectivity index (χ1v) is 9.47. The highest BCUT2D eigenvalue weighted by atomic mass is 16.6. The Hall–Kier alpha value is -4.27. The molecule has 3 rings (SSSR count). The molecule has 0 saturated carbocycles. The molecule has 0 bridgehead atoms. The monoisotopic (exact) mass is 419 g/mol. The van der Waals surface area contributed by atoms with Gasteiger partial charge in [-0.2, -0.15) is 0 Å². The summed E-state index contributed by atoms with van der Waals surface area (Å²) in [5.41, 5.74) is 8.15. The Balaban J connectivity index is 2.18. The van der Waals surface area contributed by atoms with E-state index in [2.05, 4.69) is 15.3 Å². The number of hydrogen-bond donors (Lipinski definition) is 2. The number of benzene rings is 2. The van der Waals surface area contributed by atoms with Gasteiger partial charge in [0, 0.05) is 35.1 Å². The lowest BCUT2D eigenvalue weighted by atomic mass is 10.1. The molecule has 3 N–H and O–H groups in total. The number of carbonyl (C=O) groups excluding carboxylic acids is 1. The molecular formula is C22H21N5O4. The number of aromatic nitrogens is 1. The standard InChI is InChI=1S/C22H21N5O4/c1-3-31-22(28)18-13-25-19-8-7-15(24-10-4-9-23)11-17(19)21(18)26-16-6-5-14(2)20(12-16)27(29)30/h4-13H,3,23H2,1-2H3,(H,25,26). The van der Waals surface area contributed by atoms with Crippen molar-refractivity contribution in [1.29, 1.82) is 0 Å². The number of anilines is 2. The van der Waals surface area contributed by atoms with Crippen molar-refractivity contribution < 1.29 is 14.5 Å². The second-order valence-electron chi connectivity index (χ2n) is 6.52. The lowest BCUT2D eigenvalue weighted by Crippen LogP contribution is -2.09. The predicted octanol–water partition coefficient (Wildman–Crippen LogP) is 4.55. The quantitative estimate of drug-likeness (QED) is 0.248. The van der Waals surface area contributed by atoms with Crippen molar-refractivity contribution in [3.63, 3.8) is 0 Å². The Morgan fingerprint density at radius 3 is 2.84 bits per heavy atom. The van der Waals surface area contributed by atoms with E-state index in [9.17, 15) is 14.9 Å². The topological polar surface area (TPSA) is 133 Å². The fourth-order valence-electron chi connectivity index (χ4n) is 2.97. The highest BCUT2D eigenvalue weighted by molar-refractivity contribution is 6.06. The summed E-state index contributed by atoms with van der Waals surface area (Å²) in [6.45, 7) is 3.57. The van der Waals surface area contributed by atoms with E-state index in [1.165, 1.54) is 18.5 Å². The van der Waals surface area contributed by atoms with Crippen molar-refractivity contribution in [3.05, 3.63) is 76.1 Å². The van der Waals surface area contributed by atoms with Gasteiger partial charge in [-0.25, -0.2) is 4.79 Å². The number of nitrogens with two attached hydrogens (primary N) is 1. The minimum absolute atomic E-state index is 0.0279. The van der Waals surface area contributed by atoms with Crippen LogP contribution in [0.25, 0.3) is 10.9 Å². The molecule has 0 unspecified atom stereocenters. The summed E-state index contributed by atoms with van der Waals surface area (Å²) >= 11 is 0. The van der Waals surface area contributed by atoms with E-state index in [1.54, 1.807) is 56.5 Å². The fraction of sp³-hybridized carbons (Fsp3) is 0.136. The van der Waals surface area contributed by atoms with Gasteiger partial charge in [-0.3, -0.25) is 20.1 Å². The Morgan fingerprint density at radius 2 is 2.13 bits per heavy atom. The molecule has 0 aliphatic carbocycles. The second kappa shape index (κ2) is 9.49. The number of ether oxygens (including phenoxy) is 1. The van der Waals surface area contributed by atoms with Crippen molar-refractivity contribution >= 4 is 45.8 Å². The zero-order valence-electron chi connectivity index (χ0n) is 17.0. The summed E-state index contributed by atoms with van der Waals surface area (Å²) in [4.78, 5) is 32.1. The third-order valence-electron chi connectivity index (χ3n) is 4.44. The molecule has 0 atom stereocenters. The Bertz CT molecular complexity index is 1200.